The molecule has 0 radical (unpaired) electrons. The Balaban J connectivity index is 1.49. The number of phenols is 1. The molecule has 3 heterocycles. The summed E-state index contributed by atoms with van der Waals surface area (Å²) in [6.45, 7) is 6.33. The minimum absolute atomic E-state index is 0.101. The average Bonchev–Trinajstić information content (AvgIpc) is 3.25. The van der Waals surface area contributed by atoms with Crippen molar-refractivity contribution >= 4 is 45.7 Å². The van der Waals surface area contributed by atoms with Crippen LogP contribution in [0.4, 0.5) is 21.7 Å². The van der Waals surface area contributed by atoms with E-state index in [4.69, 9.17) is 11.6 Å². The molecular weight excluding hydrogens is 497 g/mol. The van der Waals surface area contributed by atoms with Gasteiger partial charge in [-0.25, -0.2) is 9.37 Å². The maximum atomic E-state index is 15.1. The maximum absolute atomic E-state index is 15.1. The summed E-state index contributed by atoms with van der Waals surface area (Å²) in [5, 5.41) is 21.3. The van der Waals surface area contributed by atoms with Crippen molar-refractivity contribution < 1.29 is 14.3 Å². The van der Waals surface area contributed by atoms with Crippen molar-refractivity contribution in [2.45, 2.75) is 6.42 Å². The molecule has 11 heteroatoms. The van der Waals surface area contributed by atoms with Crippen molar-refractivity contribution in [3.8, 4) is 17.0 Å². The molecule has 2 aromatic heterocycles. The highest BCUT2D eigenvalue weighted by Gasteiger charge is 2.22. The molecule has 2 aromatic carbocycles. The van der Waals surface area contributed by atoms with E-state index >= 15 is 4.39 Å². The van der Waals surface area contributed by atoms with Gasteiger partial charge in [-0.15, -0.1) is 0 Å². The Morgan fingerprint density at radius 1 is 1.24 bits per heavy atom. The highest BCUT2D eigenvalue weighted by molar-refractivity contribution is 6.35. The number of aromatic nitrogens is 4. The number of anilines is 3. The Morgan fingerprint density at radius 2 is 2.03 bits per heavy atom. The number of phenolic OH excluding ortho intramolecular Hbond substituents is 1. The number of carbonyl (C=O) groups excluding carboxylic acids is 1. The molecule has 0 unspecified atom stereocenters. The Kier molecular flexibility index (Phi) is 6.77. The summed E-state index contributed by atoms with van der Waals surface area (Å²) in [7, 11) is 2.01. The van der Waals surface area contributed by atoms with Crippen molar-refractivity contribution in [3.05, 3.63) is 65.6 Å². The number of aromatic amines is 1. The van der Waals surface area contributed by atoms with E-state index in [0.29, 0.717) is 35.4 Å². The molecule has 0 saturated carbocycles. The summed E-state index contributed by atoms with van der Waals surface area (Å²) in [4.78, 5) is 24.9. The lowest BCUT2D eigenvalue weighted by Crippen LogP contribution is -2.44. The number of ketones is 1. The molecule has 1 aliphatic heterocycles. The van der Waals surface area contributed by atoms with Crippen LogP contribution in [0.5, 0.6) is 5.75 Å². The zero-order chi connectivity index (χ0) is 26.1. The number of allylic oxidation sites excluding steroid dienone is 1. The van der Waals surface area contributed by atoms with Gasteiger partial charge in [0.15, 0.2) is 17.2 Å². The second-order valence-electron chi connectivity index (χ2n) is 8.92. The first-order valence-corrected chi connectivity index (χ1v) is 12.1. The van der Waals surface area contributed by atoms with E-state index in [1.54, 1.807) is 0 Å². The Hall–Kier alpha value is -4.02. The smallest absolute Gasteiger partial charge is 0.229 e. The van der Waals surface area contributed by atoms with Gasteiger partial charge in [0.25, 0.3) is 0 Å². The summed E-state index contributed by atoms with van der Waals surface area (Å²) >= 11 is 6.35. The zero-order valence-electron chi connectivity index (χ0n) is 20.1. The van der Waals surface area contributed by atoms with Gasteiger partial charge >= 0.3 is 0 Å². The van der Waals surface area contributed by atoms with Crippen molar-refractivity contribution in [2.75, 3.05) is 43.4 Å². The molecule has 9 nitrogen and oxygen atoms in total. The van der Waals surface area contributed by atoms with E-state index in [2.05, 4.69) is 37.0 Å². The van der Waals surface area contributed by atoms with Gasteiger partial charge in [0.05, 0.1) is 11.1 Å². The summed E-state index contributed by atoms with van der Waals surface area (Å²) in [5.74, 6) is -0.675. The van der Waals surface area contributed by atoms with E-state index in [1.807, 2.05) is 36.2 Å². The number of likely N-dealkylation sites (N-methyl/N-ethyl adjacent to an activating group) is 1. The maximum Gasteiger partial charge on any atom is 0.229 e. The quantitative estimate of drug-likeness (QED) is 0.309. The van der Waals surface area contributed by atoms with E-state index in [1.165, 1.54) is 18.2 Å². The number of hydrogen-bond acceptors (Lipinski definition) is 8. The molecule has 0 spiro atoms. The lowest BCUT2D eigenvalue weighted by atomic mass is 10.0. The van der Waals surface area contributed by atoms with Gasteiger partial charge in [-0.05, 0) is 30.8 Å². The van der Waals surface area contributed by atoms with Gasteiger partial charge in [0.2, 0.25) is 5.95 Å². The number of H-pyrrole nitrogens is 1. The van der Waals surface area contributed by atoms with Gasteiger partial charge in [-0.2, -0.15) is 10.1 Å². The summed E-state index contributed by atoms with van der Waals surface area (Å²) in [6.07, 6.45) is 1.49. The molecule has 0 bridgehead atoms. The van der Waals surface area contributed by atoms with Crippen LogP contribution in [0.2, 0.25) is 5.15 Å². The average molecular weight is 522 g/mol. The number of halogens is 2. The van der Waals surface area contributed by atoms with Gasteiger partial charge in [-0.3, -0.25) is 9.89 Å². The summed E-state index contributed by atoms with van der Waals surface area (Å²) in [6, 6.07) is 10.1. The second kappa shape index (κ2) is 10.2. The Morgan fingerprint density at radius 3 is 2.76 bits per heavy atom. The van der Waals surface area contributed by atoms with Gasteiger partial charge in [-0.1, -0.05) is 36.4 Å². The number of carbonyl (C=O) groups is 1. The molecule has 37 heavy (non-hydrogen) atoms. The Labute approximate surface area is 217 Å². The molecule has 5 rings (SSSR count). The fourth-order valence-corrected chi connectivity index (χ4v) is 4.60. The van der Waals surface area contributed by atoms with E-state index < -0.39 is 5.82 Å². The topological polar surface area (TPSA) is 110 Å². The van der Waals surface area contributed by atoms with Gasteiger partial charge in [0, 0.05) is 49.9 Å². The fourth-order valence-electron chi connectivity index (χ4n) is 4.39. The van der Waals surface area contributed by atoms with Crippen LogP contribution in [0.25, 0.3) is 22.3 Å². The van der Waals surface area contributed by atoms with Crippen molar-refractivity contribution in [1.29, 1.82) is 0 Å². The highest BCUT2D eigenvalue weighted by Crippen LogP contribution is 2.36. The monoisotopic (exact) mass is 521 g/mol. The highest BCUT2D eigenvalue weighted by atomic mass is 35.5. The molecular formula is C26H25ClFN7O2. The predicted octanol–water partition coefficient (Wildman–Crippen LogP) is 4.31. The summed E-state index contributed by atoms with van der Waals surface area (Å²) in [5.41, 5.74) is 2.75. The number of piperazine rings is 1. The number of hydrogen-bond donors (Lipinski definition) is 3. The molecule has 0 atom stereocenters. The van der Waals surface area contributed by atoms with Crippen LogP contribution in [0.1, 0.15) is 5.56 Å². The molecule has 1 fully saturated rings. The first-order valence-electron chi connectivity index (χ1n) is 11.7. The SMILES string of the molecule is C=CC(=O)Cc1cccc(-c2nc(Nc3cc(O)c(N4CCN(C)CC4)c(F)c3)nc3n[nH]c(Cl)c23)c1. The van der Waals surface area contributed by atoms with E-state index in [-0.39, 0.29) is 40.4 Å². The standard InChI is InChI=1S/C26H25ClFN7O2/c1-3-18(36)12-15-5-4-6-16(11-15)22-21-24(27)32-33-25(21)31-26(30-22)29-17-13-19(28)23(20(37)14-17)35-9-7-34(2)8-10-35/h3-6,11,13-14,37H,1,7-10,12H2,2H3,(H2,29,30,31,32,33). The van der Waals surface area contributed by atoms with Crippen LogP contribution >= 0.6 is 11.6 Å². The van der Waals surface area contributed by atoms with Gasteiger partial charge in [0.1, 0.15) is 16.6 Å². The van der Waals surface area contributed by atoms with Crippen molar-refractivity contribution in [1.82, 2.24) is 25.1 Å². The molecule has 190 valence electrons. The third-order valence-corrected chi connectivity index (χ3v) is 6.57. The molecule has 0 aliphatic carbocycles. The third kappa shape index (κ3) is 5.11. The molecule has 0 amide bonds. The number of nitrogens with one attached hydrogen (secondary N) is 2. The zero-order valence-corrected chi connectivity index (χ0v) is 20.9. The van der Waals surface area contributed by atoms with E-state index in [0.717, 1.165) is 18.7 Å². The minimum Gasteiger partial charge on any atom is -0.506 e. The number of benzene rings is 2. The van der Waals surface area contributed by atoms with Crippen LogP contribution in [0.15, 0.2) is 49.1 Å². The van der Waals surface area contributed by atoms with Crippen LogP contribution in [0.3, 0.4) is 0 Å². The summed E-state index contributed by atoms with van der Waals surface area (Å²) < 4.78 is 15.1. The second-order valence-corrected chi connectivity index (χ2v) is 9.30. The first kappa shape index (κ1) is 24.7. The van der Waals surface area contributed by atoms with Crippen LogP contribution in [0, 0.1) is 5.82 Å². The molecule has 1 aliphatic rings. The lowest BCUT2D eigenvalue weighted by molar-refractivity contribution is -0.114. The number of fused-ring (bicyclic) bond motifs is 1. The fraction of sp³-hybridized carbons (Fsp3) is 0.231. The van der Waals surface area contributed by atoms with Crippen molar-refractivity contribution in [3.63, 3.8) is 0 Å². The van der Waals surface area contributed by atoms with Crippen LogP contribution < -0.4 is 10.2 Å². The van der Waals surface area contributed by atoms with Crippen molar-refractivity contribution in [2.24, 2.45) is 0 Å². The van der Waals surface area contributed by atoms with E-state index in [9.17, 15) is 9.90 Å². The number of aromatic hydroxyl groups is 1. The third-order valence-electron chi connectivity index (χ3n) is 6.29. The largest absolute Gasteiger partial charge is 0.506 e. The Bertz CT molecular complexity index is 1470. The number of nitrogens with zero attached hydrogens (tertiary/aromatic N) is 5. The number of rotatable bonds is 7. The van der Waals surface area contributed by atoms with Crippen LogP contribution in [-0.2, 0) is 11.2 Å². The lowest BCUT2D eigenvalue weighted by Gasteiger charge is -2.34. The molecule has 4 aromatic rings. The normalized spacial score (nSPS) is 14.2. The first-order chi connectivity index (χ1) is 17.8. The van der Waals surface area contributed by atoms with Crippen LogP contribution in [-0.4, -0.2) is 69.2 Å². The predicted molar refractivity (Wildman–Crippen MR) is 142 cm³/mol. The minimum atomic E-state index is -0.546. The van der Waals surface area contributed by atoms with Gasteiger partial charge < -0.3 is 20.2 Å². The molecule has 1 saturated heterocycles. The molecule has 3 N–H and O–H groups in total.